The van der Waals surface area contributed by atoms with Gasteiger partial charge in [0, 0.05) is 37.1 Å². The smallest absolute Gasteiger partial charge is 0.0465 e. The minimum absolute atomic E-state index is 0.0605. The van der Waals surface area contributed by atoms with Crippen LogP contribution in [-0.4, -0.2) is 0 Å². The Morgan fingerprint density at radius 1 is 0.500 bits per heavy atom. The molecule has 0 amide bonds. The van der Waals surface area contributed by atoms with E-state index in [1.807, 2.05) is 11.3 Å². The molecule has 0 unspecified atom stereocenters. The standard InChI is InChI=1S/C45H39NS2/c1-44(2,3)38-13-8-6-11-35(38)30-16-20-32(21-17-30)46(34-24-25-37-36-12-7-9-14-39(36)45(4,5)40(37)29-34)33-22-18-31(19-23-33)41-26-27-43(48-41)42-15-10-28-47-42/h6-29H,1-5H3. The Morgan fingerprint density at radius 3 is 1.79 bits per heavy atom. The molecule has 2 heterocycles. The number of hydrogen-bond donors (Lipinski definition) is 0. The van der Waals surface area contributed by atoms with Gasteiger partial charge >= 0.3 is 0 Å². The van der Waals surface area contributed by atoms with Gasteiger partial charge < -0.3 is 4.90 Å². The van der Waals surface area contributed by atoms with E-state index in [2.05, 4.69) is 184 Å². The Morgan fingerprint density at radius 2 is 1.10 bits per heavy atom. The van der Waals surface area contributed by atoms with E-state index >= 15 is 0 Å². The zero-order valence-electron chi connectivity index (χ0n) is 28.1. The Balaban J connectivity index is 1.21. The van der Waals surface area contributed by atoms with Gasteiger partial charge in [-0.1, -0.05) is 120 Å². The van der Waals surface area contributed by atoms with E-state index < -0.39 is 0 Å². The molecule has 7 aromatic rings. The molecule has 5 aromatic carbocycles. The third-order valence-corrected chi connectivity index (χ3v) is 12.0. The fraction of sp³-hybridized carbons (Fsp3) is 0.156. The van der Waals surface area contributed by atoms with Crippen molar-refractivity contribution < 1.29 is 0 Å². The summed E-state index contributed by atoms with van der Waals surface area (Å²) in [6, 6.07) is 51.7. The van der Waals surface area contributed by atoms with Crippen LogP contribution in [0, 0.1) is 0 Å². The number of rotatable bonds is 6. The highest BCUT2D eigenvalue weighted by Crippen LogP contribution is 2.51. The lowest BCUT2D eigenvalue weighted by Crippen LogP contribution is -2.16. The van der Waals surface area contributed by atoms with Crippen LogP contribution in [0.2, 0.25) is 0 Å². The highest BCUT2D eigenvalue weighted by Gasteiger charge is 2.35. The summed E-state index contributed by atoms with van der Waals surface area (Å²) < 4.78 is 0. The normalized spacial score (nSPS) is 13.3. The number of anilines is 3. The second-order valence-electron chi connectivity index (χ2n) is 14.3. The van der Waals surface area contributed by atoms with E-state index in [4.69, 9.17) is 0 Å². The third kappa shape index (κ3) is 5.32. The maximum atomic E-state index is 2.42. The molecule has 3 heteroatoms. The molecule has 0 N–H and O–H groups in total. The summed E-state index contributed by atoms with van der Waals surface area (Å²) in [7, 11) is 0. The van der Waals surface area contributed by atoms with E-state index in [1.165, 1.54) is 64.8 Å². The van der Waals surface area contributed by atoms with Gasteiger partial charge in [0.2, 0.25) is 0 Å². The van der Waals surface area contributed by atoms with Crippen LogP contribution in [0.15, 0.2) is 145 Å². The van der Waals surface area contributed by atoms with Gasteiger partial charge in [0.25, 0.3) is 0 Å². The van der Waals surface area contributed by atoms with Gasteiger partial charge in [0.15, 0.2) is 0 Å². The van der Waals surface area contributed by atoms with Crippen LogP contribution < -0.4 is 4.90 Å². The number of thiophene rings is 2. The van der Waals surface area contributed by atoms with Crippen LogP contribution in [0.5, 0.6) is 0 Å². The molecule has 0 radical (unpaired) electrons. The van der Waals surface area contributed by atoms with Gasteiger partial charge in [-0.2, -0.15) is 0 Å². The Hall–Kier alpha value is -4.70. The van der Waals surface area contributed by atoms with Crippen LogP contribution in [-0.2, 0) is 10.8 Å². The van der Waals surface area contributed by atoms with Crippen LogP contribution in [0.4, 0.5) is 17.1 Å². The highest BCUT2D eigenvalue weighted by atomic mass is 32.1. The SMILES string of the molecule is CC(C)(C)c1ccccc1-c1ccc(N(c2ccc(-c3ccc(-c4cccs4)s3)cc2)c2ccc3c(c2)C(C)(C)c2ccccc2-3)cc1. The number of hydrogen-bond acceptors (Lipinski definition) is 3. The summed E-state index contributed by atoms with van der Waals surface area (Å²) in [5, 5.41) is 2.15. The summed E-state index contributed by atoms with van der Waals surface area (Å²) in [6.45, 7) is 11.6. The first-order valence-corrected chi connectivity index (χ1v) is 18.4. The van der Waals surface area contributed by atoms with Gasteiger partial charge in [-0.25, -0.2) is 0 Å². The van der Waals surface area contributed by atoms with E-state index in [-0.39, 0.29) is 10.8 Å². The average Bonchev–Trinajstić information content (AvgIpc) is 3.86. The van der Waals surface area contributed by atoms with Crippen molar-refractivity contribution in [3.8, 4) is 42.4 Å². The third-order valence-electron chi connectivity index (χ3n) is 9.78. The monoisotopic (exact) mass is 657 g/mol. The lowest BCUT2D eigenvalue weighted by Gasteiger charge is -2.28. The molecule has 0 spiro atoms. The largest absolute Gasteiger partial charge is 0.310 e. The van der Waals surface area contributed by atoms with Crippen LogP contribution in [0.3, 0.4) is 0 Å². The molecule has 8 rings (SSSR count). The Kier molecular flexibility index (Phi) is 7.51. The zero-order chi connectivity index (χ0) is 33.0. The molecule has 2 aromatic heterocycles. The van der Waals surface area contributed by atoms with Gasteiger partial charge in [0.1, 0.15) is 0 Å². The first kappa shape index (κ1) is 30.6. The second kappa shape index (κ2) is 11.8. The minimum atomic E-state index is -0.0720. The summed E-state index contributed by atoms with van der Waals surface area (Å²) in [5.74, 6) is 0. The lowest BCUT2D eigenvalue weighted by atomic mass is 9.82. The average molecular weight is 658 g/mol. The Bertz CT molecular complexity index is 2230. The molecule has 236 valence electrons. The lowest BCUT2D eigenvalue weighted by molar-refractivity contribution is 0.592. The first-order chi connectivity index (χ1) is 23.2. The molecule has 48 heavy (non-hydrogen) atoms. The fourth-order valence-corrected chi connectivity index (χ4v) is 9.12. The molecule has 1 aliphatic rings. The molecule has 1 nitrogen and oxygen atoms in total. The van der Waals surface area contributed by atoms with Gasteiger partial charge in [-0.3, -0.25) is 0 Å². The number of fused-ring (bicyclic) bond motifs is 3. The van der Waals surface area contributed by atoms with Gasteiger partial charge in [0.05, 0.1) is 0 Å². The van der Waals surface area contributed by atoms with Crippen molar-refractivity contribution >= 4 is 39.7 Å². The number of nitrogens with zero attached hydrogens (tertiary/aromatic N) is 1. The van der Waals surface area contributed by atoms with Crippen molar-refractivity contribution in [1.82, 2.24) is 0 Å². The van der Waals surface area contributed by atoms with E-state index in [0.29, 0.717) is 0 Å². The quantitative estimate of drug-likeness (QED) is 0.172. The second-order valence-corrected chi connectivity index (χ2v) is 16.3. The number of benzene rings is 5. The molecule has 1 aliphatic carbocycles. The van der Waals surface area contributed by atoms with Crippen LogP contribution in [0.1, 0.15) is 51.3 Å². The van der Waals surface area contributed by atoms with Crippen molar-refractivity contribution in [1.29, 1.82) is 0 Å². The van der Waals surface area contributed by atoms with Crippen molar-refractivity contribution in [3.05, 3.63) is 162 Å². The highest BCUT2D eigenvalue weighted by molar-refractivity contribution is 7.23. The predicted molar refractivity (Wildman–Crippen MR) is 209 cm³/mol. The van der Waals surface area contributed by atoms with Crippen molar-refractivity contribution in [2.45, 2.75) is 45.4 Å². The van der Waals surface area contributed by atoms with Crippen LogP contribution >= 0.6 is 22.7 Å². The van der Waals surface area contributed by atoms with E-state index in [1.54, 1.807) is 11.3 Å². The Labute approximate surface area is 292 Å². The summed E-state index contributed by atoms with van der Waals surface area (Å²) >= 11 is 3.65. The molecule has 0 saturated heterocycles. The molecule has 0 fully saturated rings. The van der Waals surface area contributed by atoms with Gasteiger partial charge in [-0.05, 0) is 110 Å². The van der Waals surface area contributed by atoms with Crippen molar-refractivity contribution in [2.75, 3.05) is 4.90 Å². The van der Waals surface area contributed by atoms with E-state index in [9.17, 15) is 0 Å². The predicted octanol–water partition coefficient (Wildman–Crippen LogP) is 13.9. The van der Waals surface area contributed by atoms with Crippen molar-refractivity contribution in [3.63, 3.8) is 0 Å². The molecule has 0 atom stereocenters. The summed E-state index contributed by atoms with van der Waals surface area (Å²) in [5.41, 5.74) is 14.0. The molecular weight excluding hydrogens is 619 g/mol. The van der Waals surface area contributed by atoms with Crippen LogP contribution in [0.25, 0.3) is 42.4 Å². The maximum absolute atomic E-state index is 2.42. The molecule has 0 bridgehead atoms. The molecular formula is C45H39NS2. The zero-order valence-corrected chi connectivity index (χ0v) is 29.8. The topological polar surface area (TPSA) is 3.24 Å². The van der Waals surface area contributed by atoms with E-state index in [0.717, 1.165) is 11.4 Å². The summed E-state index contributed by atoms with van der Waals surface area (Å²) in [6.07, 6.45) is 0. The summed E-state index contributed by atoms with van der Waals surface area (Å²) in [4.78, 5) is 6.34. The van der Waals surface area contributed by atoms with Crippen molar-refractivity contribution in [2.24, 2.45) is 0 Å². The van der Waals surface area contributed by atoms with Gasteiger partial charge in [-0.15, -0.1) is 22.7 Å². The minimum Gasteiger partial charge on any atom is -0.310 e. The fourth-order valence-electron chi connectivity index (χ4n) is 7.28. The molecule has 0 aliphatic heterocycles. The maximum Gasteiger partial charge on any atom is 0.0465 e. The molecule has 0 saturated carbocycles. The first-order valence-electron chi connectivity index (χ1n) is 16.7.